The summed E-state index contributed by atoms with van der Waals surface area (Å²) in [4.78, 5) is 18.0. The Kier molecular flexibility index (Phi) is 3.36. The van der Waals surface area contributed by atoms with E-state index >= 15 is 0 Å². The van der Waals surface area contributed by atoms with Crippen LogP contribution in [0.2, 0.25) is 0 Å². The largest absolute Gasteiger partial charge is 0.461 e. The molecule has 1 aromatic carbocycles. The Labute approximate surface area is 124 Å². The van der Waals surface area contributed by atoms with Crippen LogP contribution in [-0.4, -0.2) is 22.5 Å². The maximum absolute atomic E-state index is 11.7. The first-order valence-electron chi connectivity index (χ1n) is 6.33. The van der Waals surface area contributed by atoms with Crippen molar-refractivity contribution in [3.05, 3.63) is 46.7 Å². The van der Waals surface area contributed by atoms with Crippen LogP contribution in [0.4, 0.5) is 0 Å². The number of benzene rings is 1. The van der Waals surface area contributed by atoms with Crippen molar-refractivity contribution in [2.24, 2.45) is 0 Å². The highest BCUT2D eigenvalue weighted by Crippen LogP contribution is 2.33. The number of H-pyrrole nitrogens is 2. The molecule has 0 aliphatic heterocycles. The van der Waals surface area contributed by atoms with E-state index in [1.807, 2.05) is 30.5 Å². The molecule has 3 aromatic rings. The lowest BCUT2D eigenvalue weighted by Gasteiger charge is -2.00. The number of esters is 1. The van der Waals surface area contributed by atoms with E-state index in [4.69, 9.17) is 4.74 Å². The normalized spacial score (nSPS) is 10.9. The molecule has 102 valence electrons. The third-order valence-electron chi connectivity index (χ3n) is 3.13. The zero-order chi connectivity index (χ0) is 14.1. The van der Waals surface area contributed by atoms with Crippen molar-refractivity contribution >= 4 is 32.8 Å². The van der Waals surface area contributed by atoms with Gasteiger partial charge < -0.3 is 14.7 Å². The number of aromatic amines is 2. The first kappa shape index (κ1) is 13.0. The van der Waals surface area contributed by atoms with E-state index in [0.29, 0.717) is 12.3 Å². The Morgan fingerprint density at radius 2 is 2.15 bits per heavy atom. The summed E-state index contributed by atoms with van der Waals surface area (Å²) < 4.78 is 6.00. The first-order valence-corrected chi connectivity index (χ1v) is 7.12. The second-order valence-corrected chi connectivity index (χ2v) is 5.23. The van der Waals surface area contributed by atoms with Crippen LogP contribution in [0.25, 0.3) is 22.2 Å². The van der Waals surface area contributed by atoms with Crippen LogP contribution in [-0.2, 0) is 4.74 Å². The third kappa shape index (κ3) is 2.14. The predicted molar refractivity (Wildman–Crippen MR) is 81.7 cm³/mol. The SMILES string of the molecule is CCOC(=O)c1ccc(-c2c[nH]c3cccc(Br)c23)[nH]1. The molecular weight excluding hydrogens is 320 g/mol. The summed E-state index contributed by atoms with van der Waals surface area (Å²) in [6, 6.07) is 9.61. The highest BCUT2D eigenvalue weighted by molar-refractivity contribution is 9.10. The van der Waals surface area contributed by atoms with E-state index in [0.717, 1.165) is 26.6 Å². The van der Waals surface area contributed by atoms with Gasteiger partial charge in [-0.2, -0.15) is 0 Å². The van der Waals surface area contributed by atoms with Crippen molar-refractivity contribution in [3.63, 3.8) is 0 Å². The summed E-state index contributed by atoms with van der Waals surface area (Å²) in [6.07, 6.45) is 1.93. The van der Waals surface area contributed by atoms with Gasteiger partial charge in [0.15, 0.2) is 0 Å². The van der Waals surface area contributed by atoms with Gasteiger partial charge in [0.1, 0.15) is 5.69 Å². The predicted octanol–water partition coefficient (Wildman–Crippen LogP) is 4.10. The molecule has 0 aliphatic rings. The van der Waals surface area contributed by atoms with Crippen LogP contribution in [0.3, 0.4) is 0 Å². The third-order valence-corrected chi connectivity index (χ3v) is 3.79. The maximum Gasteiger partial charge on any atom is 0.354 e. The summed E-state index contributed by atoms with van der Waals surface area (Å²) in [5.41, 5.74) is 3.40. The zero-order valence-corrected chi connectivity index (χ0v) is 12.5. The van der Waals surface area contributed by atoms with Gasteiger partial charge in [0.25, 0.3) is 0 Å². The van der Waals surface area contributed by atoms with E-state index in [2.05, 4.69) is 25.9 Å². The fourth-order valence-corrected chi connectivity index (χ4v) is 2.81. The van der Waals surface area contributed by atoms with Gasteiger partial charge in [0.05, 0.1) is 6.61 Å². The molecule has 0 radical (unpaired) electrons. The van der Waals surface area contributed by atoms with Gasteiger partial charge in [0.2, 0.25) is 0 Å². The van der Waals surface area contributed by atoms with Crippen molar-refractivity contribution in [1.29, 1.82) is 0 Å². The average Bonchev–Trinajstić information content (AvgIpc) is 3.05. The maximum atomic E-state index is 11.7. The van der Waals surface area contributed by atoms with Gasteiger partial charge in [-0.15, -0.1) is 0 Å². The van der Waals surface area contributed by atoms with E-state index in [1.165, 1.54) is 0 Å². The topological polar surface area (TPSA) is 57.9 Å². The van der Waals surface area contributed by atoms with E-state index in [-0.39, 0.29) is 5.97 Å². The molecule has 0 fully saturated rings. The van der Waals surface area contributed by atoms with E-state index < -0.39 is 0 Å². The van der Waals surface area contributed by atoms with Gasteiger partial charge in [-0.1, -0.05) is 22.0 Å². The molecule has 4 nitrogen and oxygen atoms in total. The minimum Gasteiger partial charge on any atom is -0.461 e. The Bertz CT molecular complexity index is 773. The molecule has 20 heavy (non-hydrogen) atoms. The number of rotatable bonds is 3. The molecule has 3 rings (SSSR count). The van der Waals surface area contributed by atoms with Gasteiger partial charge >= 0.3 is 5.97 Å². The number of carbonyl (C=O) groups is 1. The molecule has 2 N–H and O–H groups in total. The molecule has 2 heterocycles. The molecule has 5 heteroatoms. The number of nitrogens with one attached hydrogen (secondary N) is 2. The van der Waals surface area contributed by atoms with E-state index in [1.54, 1.807) is 13.0 Å². The van der Waals surface area contributed by atoms with Crippen LogP contribution in [0.15, 0.2) is 41.0 Å². The molecule has 0 unspecified atom stereocenters. The second kappa shape index (κ2) is 5.17. The van der Waals surface area contributed by atoms with Gasteiger partial charge in [-0.3, -0.25) is 0 Å². The molecule has 0 aliphatic carbocycles. The van der Waals surface area contributed by atoms with E-state index in [9.17, 15) is 4.79 Å². The van der Waals surface area contributed by atoms with Gasteiger partial charge in [-0.05, 0) is 31.2 Å². The highest BCUT2D eigenvalue weighted by atomic mass is 79.9. The Hall–Kier alpha value is -2.01. The smallest absolute Gasteiger partial charge is 0.354 e. The number of hydrogen-bond donors (Lipinski definition) is 2. The zero-order valence-electron chi connectivity index (χ0n) is 10.9. The van der Waals surface area contributed by atoms with Crippen molar-refractivity contribution in [3.8, 4) is 11.3 Å². The van der Waals surface area contributed by atoms with Crippen LogP contribution >= 0.6 is 15.9 Å². The molecule has 0 saturated carbocycles. The quantitative estimate of drug-likeness (QED) is 0.709. The van der Waals surface area contributed by atoms with Crippen molar-refractivity contribution in [2.75, 3.05) is 6.61 Å². The second-order valence-electron chi connectivity index (χ2n) is 4.37. The minimum absolute atomic E-state index is 0.336. The van der Waals surface area contributed by atoms with Crippen LogP contribution < -0.4 is 0 Å². The van der Waals surface area contributed by atoms with Crippen LogP contribution in [0.5, 0.6) is 0 Å². The van der Waals surface area contributed by atoms with Crippen LogP contribution in [0.1, 0.15) is 17.4 Å². The lowest BCUT2D eigenvalue weighted by molar-refractivity contribution is 0.0520. The van der Waals surface area contributed by atoms with Crippen molar-refractivity contribution < 1.29 is 9.53 Å². The Morgan fingerprint density at radius 3 is 2.95 bits per heavy atom. The monoisotopic (exact) mass is 332 g/mol. The number of fused-ring (bicyclic) bond motifs is 1. The Morgan fingerprint density at radius 1 is 1.30 bits per heavy atom. The van der Waals surface area contributed by atoms with Gasteiger partial charge in [-0.25, -0.2) is 4.79 Å². The highest BCUT2D eigenvalue weighted by Gasteiger charge is 2.13. The number of aromatic nitrogens is 2. The van der Waals surface area contributed by atoms with Crippen molar-refractivity contribution in [2.45, 2.75) is 6.92 Å². The molecule has 0 bridgehead atoms. The summed E-state index contributed by atoms with van der Waals surface area (Å²) in [5.74, 6) is -0.336. The molecule has 0 atom stereocenters. The summed E-state index contributed by atoms with van der Waals surface area (Å²) in [5, 5.41) is 1.09. The summed E-state index contributed by atoms with van der Waals surface area (Å²) >= 11 is 3.56. The minimum atomic E-state index is -0.336. The Balaban J connectivity index is 2.06. The standard InChI is InChI=1S/C15H13BrN2O2/c1-2-20-15(19)13-7-6-11(18-13)9-8-17-12-5-3-4-10(16)14(9)12/h3-8,17-18H,2H2,1H3. The number of carbonyl (C=O) groups excluding carboxylic acids is 1. The molecule has 2 aromatic heterocycles. The lowest BCUT2D eigenvalue weighted by Crippen LogP contribution is -2.04. The van der Waals surface area contributed by atoms with Crippen LogP contribution in [0, 0.1) is 0 Å². The first-order chi connectivity index (χ1) is 9.70. The average molecular weight is 333 g/mol. The number of halogens is 1. The molecule has 0 amide bonds. The number of hydrogen-bond acceptors (Lipinski definition) is 2. The summed E-state index contributed by atoms with van der Waals surface area (Å²) in [6.45, 7) is 2.16. The molecular formula is C15H13BrN2O2. The molecule has 0 saturated heterocycles. The number of ether oxygens (including phenoxy) is 1. The molecule has 0 spiro atoms. The van der Waals surface area contributed by atoms with Crippen molar-refractivity contribution in [1.82, 2.24) is 9.97 Å². The summed E-state index contributed by atoms with van der Waals surface area (Å²) in [7, 11) is 0. The fourth-order valence-electron chi connectivity index (χ4n) is 2.23. The lowest BCUT2D eigenvalue weighted by atomic mass is 10.1. The fraction of sp³-hybridized carbons (Fsp3) is 0.133. The van der Waals surface area contributed by atoms with Gasteiger partial charge in [0, 0.05) is 32.8 Å².